The molecule has 1 amide bonds. The van der Waals surface area contributed by atoms with Crippen molar-refractivity contribution < 1.29 is 9.53 Å². The molecule has 0 N–H and O–H groups in total. The van der Waals surface area contributed by atoms with Gasteiger partial charge in [0.2, 0.25) is 0 Å². The molecule has 1 aliphatic rings. The maximum atomic E-state index is 12.6. The molecule has 0 radical (unpaired) electrons. The van der Waals surface area contributed by atoms with Crippen LogP contribution in [0.2, 0.25) is 0 Å². The maximum Gasteiger partial charge on any atom is 0.253 e. The Kier molecular flexibility index (Phi) is 4.51. The maximum absolute atomic E-state index is 12.6. The number of anilines is 1. The lowest BCUT2D eigenvalue weighted by molar-refractivity contribution is 0.0747. The van der Waals surface area contributed by atoms with Crippen molar-refractivity contribution in [3.63, 3.8) is 0 Å². The van der Waals surface area contributed by atoms with Crippen LogP contribution >= 0.6 is 0 Å². The van der Waals surface area contributed by atoms with E-state index >= 15 is 0 Å². The van der Waals surface area contributed by atoms with Crippen molar-refractivity contribution in [1.82, 2.24) is 4.90 Å². The van der Waals surface area contributed by atoms with Gasteiger partial charge in [0.25, 0.3) is 5.91 Å². The van der Waals surface area contributed by atoms with Gasteiger partial charge in [-0.1, -0.05) is 17.7 Å². The number of aryl methyl sites for hydroxylation is 1. The number of ether oxygens (including phenoxy) is 1. The first kappa shape index (κ1) is 15.4. The molecule has 0 aromatic heterocycles. The fraction of sp³-hybridized carbons (Fsp3) is 0.316. The van der Waals surface area contributed by atoms with Crippen molar-refractivity contribution in [2.24, 2.45) is 0 Å². The van der Waals surface area contributed by atoms with Crippen LogP contribution in [0.4, 0.5) is 5.69 Å². The molecule has 4 nitrogen and oxygen atoms in total. The summed E-state index contributed by atoms with van der Waals surface area (Å²) in [5.41, 5.74) is 3.21. The molecule has 0 spiro atoms. The van der Waals surface area contributed by atoms with Crippen LogP contribution in [-0.4, -0.2) is 44.1 Å². The van der Waals surface area contributed by atoms with Gasteiger partial charge < -0.3 is 14.5 Å². The van der Waals surface area contributed by atoms with E-state index in [1.54, 1.807) is 7.11 Å². The van der Waals surface area contributed by atoms with E-state index in [4.69, 9.17) is 4.74 Å². The third-order valence-electron chi connectivity index (χ3n) is 4.30. The number of carbonyl (C=O) groups is 1. The van der Waals surface area contributed by atoms with Gasteiger partial charge in [-0.25, -0.2) is 0 Å². The molecule has 3 rings (SSSR count). The van der Waals surface area contributed by atoms with Crippen molar-refractivity contribution >= 4 is 11.6 Å². The highest BCUT2D eigenvalue weighted by molar-refractivity contribution is 5.94. The first-order chi connectivity index (χ1) is 11.2. The summed E-state index contributed by atoms with van der Waals surface area (Å²) in [6.07, 6.45) is 0. The summed E-state index contributed by atoms with van der Waals surface area (Å²) in [7, 11) is 1.63. The van der Waals surface area contributed by atoms with Gasteiger partial charge in [-0.3, -0.25) is 4.79 Å². The lowest BCUT2D eigenvalue weighted by Gasteiger charge is -2.36. The largest absolute Gasteiger partial charge is 0.497 e. The zero-order valence-electron chi connectivity index (χ0n) is 13.7. The summed E-state index contributed by atoms with van der Waals surface area (Å²) in [6, 6.07) is 15.9. The van der Waals surface area contributed by atoms with Crippen LogP contribution in [0.15, 0.2) is 48.5 Å². The van der Waals surface area contributed by atoms with Crippen molar-refractivity contribution in [3.8, 4) is 5.75 Å². The Hall–Kier alpha value is -2.49. The molecule has 0 aliphatic carbocycles. The predicted molar refractivity (Wildman–Crippen MR) is 92.3 cm³/mol. The van der Waals surface area contributed by atoms with Crippen molar-refractivity contribution in [2.45, 2.75) is 6.92 Å². The van der Waals surface area contributed by atoms with Crippen LogP contribution in [0.5, 0.6) is 5.75 Å². The number of piperazine rings is 1. The molecular weight excluding hydrogens is 288 g/mol. The minimum absolute atomic E-state index is 0.0937. The van der Waals surface area contributed by atoms with Crippen LogP contribution in [-0.2, 0) is 0 Å². The lowest BCUT2D eigenvalue weighted by Crippen LogP contribution is -2.48. The Morgan fingerprint density at radius 3 is 2.09 bits per heavy atom. The summed E-state index contributed by atoms with van der Waals surface area (Å²) in [6.45, 7) is 5.32. The number of methoxy groups -OCH3 is 1. The van der Waals surface area contributed by atoms with E-state index in [1.807, 2.05) is 29.2 Å². The quantitative estimate of drug-likeness (QED) is 0.874. The predicted octanol–water partition coefficient (Wildman–Crippen LogP) is 2.97. The topological polar surface area (TPSA) is 32.8 Å². The highest BCUT2D eigenvalue weighted by Gasteiger charge is 2.22. The molecule has 1 fully saturated rings. The molecule has 120 valence electrons. The number of amides is 1. The van der Waals surface area contributed by atoms with Crippen LogP contribution in [0.25, 0.3) is 0 Å². The summed E-state index contributed by atoms with van der Waals surface area (Å²) in [4.78, 5) is 16.8. The summed E-state index contributed by atoms with van der Waals surface area (Å²) in [5, 5.41) is 0. The van der Waals surface area contributed by atoms with E-state index in [0.29, 0.717) is 0 Å². The minimum atomic E-state index is 0.0937. The number of nitrogens with zero attached hydrogens (tertiary/aromatic N) is 2. The van der Waals surface area contributed by atoms with Crippen molar-refractivity contribution in [3.05, 3.63) is 59.7 Å². The normalized spacial score (nSPS) is 14.7. The number of hydrogen-bond acceptors (Lipinski definition) is 3. The number of carbonyl (C=O) groups excluding carboxylic acids is 1. The first-order valence-electron chi connectivity index (χ1n) is 7.92. The van der Waals surface area contributed by atoms with Gasteiger partial charge in [0.15, 0.2) is 0 Å². The SMILES string of the molecule is COc1ccc(C(=O)N2CCN(c3ccc(C)cc3)CC2)cc1. The molecule has 23 heavy (non-hydrogen) atoms. The molecule has 4 heteroatoms. The van der Waals surface area contributed by atoms with E-state index < -0.39 is 0 Å². The molecule has 0 atom stereocenters. The van der Waals surface area contributed by atoms with E-state index in [9.17, 15) is 4.79 Å². The number of benzene rings is 2. The Balaban J connectivity index is 1.61. The van der Waals surface area contributed by atoms with Crippen LogP contribution in [0.3, 0.4) is 0 Å². The molecule has 0 bridgehead atoms. The molecule has 2 aromatic rings. The third-order valence-corrected chi connectivity index (χ3v) is 4.30. The molecular formula is C19H22N2O2. The Bertz CT molecular complexity index is 657. The zero-order chi connectivity index (χ0) is 16.2. The zero-order valence-corrected chi connectivity index (χ0v) is 13.7. The summed E-state index contributed by atoms with van der Waals surface area (Å²) < 4.78 is 5.13. The van der Waals surface area contributed by atoms with Gasteiger partial charge in [-0.05, 0) is 43.3 Å². The second kappa shape index (κ2) is 6.73. The van der Waals surface area contributed by atoms with Crippen LogP contribution < -0.4 is 9.64 Å². The van der Waals surface area contributed by atoms with Crippen molar-refractivity contribution in [1.29, 1.82) is 0 Å². The van der Waals surface area contributed by atoms with Crippen molar-refractivity contribution in [2.75, 3.05) is 38.2 Å². The fourth-order valence-corrected chi connectivity index (χ4v) is 2.84. The fourth-order valence-electron chi connectivity index (χ4n) is 2.84. The lowest BCUT2D eigenvalue weighted by atomic mass is 10.1. The molecule has 1 heterocycles. The van der Waals surface area contributed by atoms with Crippen LogP contribution in [0, 0.1) is 6.92 Å². The highest BCUT2D eigenvalue weighted by atomic mass is 16.5. The van der Waals surface area contributed by atoms with Gasteiger partial charge >= 0.3 is 0 Å². The van der Waals surface area contributed by atoms with E-state index in [0.717, 1.165) is 37.5 Å². The Labute approximate surface area is 137 Å². The number of hydrogen-bond donors (Lipinski definition) is 0. The summed E-state index contributed by atoms with van der Waals surface area (Å²) >= 11 is 0. The number of rotatable bonds is 3. The molecule has 0 saturated carbocycles. The second-order valence-electron chi connectivity index (χ2n) is 5.84. The van der Waals surface area contributed by atoms with Crippen LogP contribution in [0.1, 0.15) is 15.9 Å². The van der Waals surface area contributed by atoms with E-state index in [2.05, 4.69) is 36.1 Å². The second-order valence-corrected chi connectivity index (χ2v) is 5.84. The Morgan fingerprint density at radius 2 is 1.52 bits per heavy atom. The molecule has 0 unspecified atom stereocenters. The molecule has 2 aromatic carbocycles. The van der Waals surface area contributed by atoms with Gasteiger partial charge in [0.05, 0.1) is 7.11 Å². The Morgan fingerprint density at radius 1 is 0.913 bits per heavy atom. The summed E-state index contributed by atoms with van der Waals surface area (Å²) in [5.74, 6) is 0.863. The van der Waals surface area contributed by atoms with Gasteiger partial charge in [-0.15, -0.1) is 0 Å². The van der Waals surface area contributed by atoms with E-state index in [-0.39, 0.29) is 5.91 Å². The average Bonchev–Trinajstić information content (AvgIpc) is 2.62. The molecule has 1 aliphatic heterocycles. The molecule has 1 saturated heterocycles. The average molecular weight is 310 g/mol. The smallest absolute Gasteiger partial charge is 0.253 e. The highest BCUT2D eigenvalue weighted by Crippen LogP contribution is 2.19. The van der Waals surface area contributed by atoms with Gasteiger partial charge in [0, 0.05) is 37.4 Å². The minimum Gasteiger partial charge on any atom is -0.497 e. The third kappa shape index (κ3) is 3.47. The monoisotopic (exact) mass is 310 g/mol. The first-order valence-corrected chi connectivity index (χ1v) is 7.92. The van der Waals surface area contributed by atoms with Gasteiger partial charge in [-0.2, -0.15) is 0 Å². The van der Waals surface area contributed by atoms with Gasteiger partial charge in [0.1, 0.15) is 5.75 Å². The standard InChI is InChI=1S/C19H22N2O2/c1-15-3-7-17(8-4-15)20-11-13-21(14-12-20)19(22)16-5-9-18(23-2)10-6-16/h3-10H,11-14H2,1-2H3. The van der Waals surface area contributed by atoms with E-state index in [1.165, 1.54) is 11.3 Å².